The summed E-state index contributed by atoms with van der Waals surface area (Å²) in [5.74, 6) is 0.667. The van der Waals surface area contributed by atoms with Crippen LogP contribution >= 0.6 is 0 Å². The lowest BCUT2D eigenvalue weighted by Crippen LogP contribution is -2.16. The molecule has 0 atom stereocenters. The van der Waals surface area contributed by atoms with E-state index in [0.29, 0.717) is 70.9 Å². The summed E-state index contributed by atoms with van der Waals surface area (Å²) in [7, 11) is 0. The Morgan fingerprint density at radius 3 is 2.12 bits per heavy atom. The van der Waals surface area contributed by atoms with Crippen molar-refractivity contribution < 1.29 is 23.7 Å². The van der Waals surface area contributed by atoms with Crippen LogP contribution in [0.2, 0.25) is 0 Å². The summed E-state index contributed by atoms with van der Waals surface area (Å²) in [6.07, 6.45) is 0. The molecule has 0 saturated heterocycles. The topological polar surface area (TPSA) is 78.9 Å². The summed E-state index contributed by atoms with van der Waals surface area (Å²) in [5, 5.41) is 3.15. The average molecular weight is 368 g/mol. The Hall–Kier alpha value is -1.54. The van der Waals surface area contributed by atoms with Crippen molar-refractivity contribution in [2.45, 2.75) is 20.8 Å². The zero-order chi connectivity index (χ0) is 19.0. The normalized spacial score (nSPS) is 11.1. The van der Waals surface area contributed by atoms with E-state index in [1.165, 1.54) is 0 Å². The molecule has 1 rings (SSSR count). The van der Waals surface area contributed by atoms with Crippen molar-refractivity contribution in [2.24, 2.45) is 5.92 Å². The lowest BCUT2D eigenvalue weighted by molar-refractivity contribution is 0.000609. The fraction of sp³-hybridized carbons (Fsp3) is 0.684. The predicted molar refractivity (Wildman–Crippen MR) is 101 cm³/mol. The number of carbonyl (C=O) groups excluding carboxylic acids is 1. The van der Waals surface area contributed by atoms with Crippen molar-refractivity contribution in [3.05, 3.63) is 23.9 Å². The number of pyridine rings is 1. The largest absolute Gasteiger partial charge is 0.379 e. The van der Waals surface area contributed by atoms with Gasteiger partial charge in [-0.15, -0.1) is 0 Å². The first-order valence-corrected chi connectivity index (χ1v) is 9.21. The van der Waals surface area contributed by atoms with Gasteiger partial charge in [-0.25, -0.2) is 4.98 Å². The molecule has 1 aromatic rings. The van der Waals surface area contributed by atoms with Crippen molar-refractivity contribution >= 4 is 11.6 Å². The first-order chi connectivity index (χ1) is 12.6. The van der Waals surface area contributed by atoms with Crippen LogP contribution in [0.3, 0.4) is 0 Å². The molecule has 0 aromatic carbocycles. The van der Waals surface area contributed by atoms with E-state index in [-0.39, 0.29) is 11.7 Å². The zero-order valence-corrected chi connectivity index (χ0v) is 16.2. The molecule has 0 aliphatic heterocycles. The van der Waals surface area contributed by atoms with Crippen LogP contribution in [-0.2, 0) is 18.9 Å². The molecule has 1 aromatic heterocycles. The monoisotopic (exact) mass is 368 g/mol. The molecule has 0 aliphatic carbocycles. The summed E-state index contributed by atoms with van der Waals surface area (Å²) in [4.78, 5) is 16.3. The first kappa shape index (κ1) is 22.5. The summed E-state index contributed by atoms with van der Waals surface area (Å²) in [6, 6.07) is 5.41. The molecule has 0 unspecified atom stereocenters. The lowest BCUT2D eigenvalue weighted by Gasteiger charge is -2.09. The fourth-order valence-electron chi connectivity index (χ4n) is 2.02. The third-order valence-electron chi connectivity index (χ3n) is 3.40. The van der Waals surface area contributed by atoms with Gasteiger partial charge in [-0.05, 0) is 19.1 Å². The molecule has 7 heteroatoms. The first-order valence-electron chi connectivity index (χ1n) is 9.21. The van der Waals surface area contributed by atoms with Crippen LogP contribution in [0.1, 0.15) is 31.3 Å². The molecule has 26 heavy (non-hydrogen) atoms. The van der Waals surface area contributed by atoms with Gasteiger partial charge in [0.25, 0.3) is 0 Å². The van der Waals surface area contributed by atoms with Gasteiger partial charge >= 0.3 is 0 Å². The van der Waals surface area contributed by atoms with E-state index in [1.807, 2.05) is 32.9 Å². The molecule has 7 nitrogen and oxygen atoms in total. The molecule has 0 aliphatic rings. The van der Waals surface area contributed by atoms with Gasteiger partial charge in [0.2, 0.25) is 0 Å². The molecular formula is C19H32N2O5. The van der Waals surface area contributed by atoms with Gasteiger partial charge in [0, 0.05) is 19.1 Å². The van der Waals surface area contributed by atoms with Gasteiger partial charge in [0.15, 0.2) is 5.78 Å². The number of carbonyl (C=O) groups is 1. The van der Waals surface area contributed by atoms with E-state index < -0.39 is 0 Å². The van der Waals surface area contributed by atoms with Gasteiger partial charge in [0.1, 0.15) is 11.5 Å². The van der Waals surface area contributed by atoms with Crippen LogP contribution in [0, 0.1) is 5.92 Å². The number of nitrogens with zero attached hydrogens (tertiary/aromatic N) is 1. The second-order valence-electron chi connectivity index (χ2n) is 5.89. The second kappa shape index (κ2) is 14.6. The van der Waals surface area contributed by atoms with E-state index in [1.54, 1.807) is 6.07 Å². The number of Topliss-reactive ketones (excluding diaryl/α,β-unsaturated/α-hetero) is 1. The van der Waals surface area contributed by atoms with E-state index in [2.05, 4.69) is 10.3 Å². The van der Waals surface area contributed by atoms with Crippen molar-refractivity contribution in [3.8, 4) is 0 Å². The Bertz CT molecular complexity index is 497. The maximum atomic E-state index is 11.9. The quantitative estimate of drug-likeness (QED) is 0.354. The third-order valence-corrected chi connectivity index (χ3v) is 3.40. The molecule has 148 valence electrons. The highest BCUT2D eigenvalue weighted by molar-refractivity contribution is 5.95. The van der Waals surface area contributed by atoms with E-state index in [0.717, 1.165) is 0 Å². The SMILES string of the molecule is CCOCCOCCOCCOCCNc1cccc(C(=O)C(C)C)n1. The standard InChI is InChI=1S/C19H32N2O5/c1-4-23-10-11-25-14-15-26-13-12-24-9-8-20-18-7-5-6-17(21-18)19(22)16(2)3/h5-7,16H,4,8-15H2,1-3H3,(H,20,21). The van der Waals surface area contributed by atoms with Gasteiger partial charge in [-0.3, -0.25) is 4.79 Å². The van der Waals surface area contributed by atoms with E-state index in [9.17, 15) is 4.79 Å². The van der Waals surface area contributed by atoms with Crippen molar-refractivity contribution in [1.82, 2.24) is 4.98 Å². The maximum absolute atomic E-state index is 11.9. The predicted octanol–water partition coefficient (Wildman–Crippen LogP) is 2.42. The van der Waals surface area contributed by atoms with E-state index in [4.69, 9.17) is 18.9 Å². The zero-order valence-electron chi connectivity index (χ0n) is 16.2. The Kier molecular flexibility index (Phi) is 12.6. The van der Waals surface area contributed by atoms with Crippen molar-refractivity contribution in [1.29, 1.82) is 0 Å². The summed E-state index contributed by atoms with van der Waals surface area (Å²) in [6.45, 7) is 11.0. The number of aromatic nitrogens is 1. The van der Waals surface area contributed by atoms with Crippen molar-refractivity contribution in [2.75, 3.05) is 64.7 Å². The van der Waals surface area contributed by atoms with Crippen LogP contribution < -0.4 is 5.32 Å². The highest BCUT2D eigenvalue weighted by Gasteiger charge is 2.11. The number of ketones is 1. The summed E-state index contributed by atoms with van der Waals surface area (Å²) >= 11 is 0. The second-order valence-corrected chi connectivity index (χ2v) is 5.89. The molecule has 0 spiro atoms. The lowest BCUT2D eigenvalue weighted by atomic mass is 10.1. The maximum Gasteiger partial charge on any atom is 0.183 e. The number of hydrogen-bond donors (Lipinski definition) is 1. The number of ether oxygens (including phenoxy) is 4. The molecule has 0 bridgehead atoms. The Morgan fingerprint density at radius 1 is 0.962 bits per heavy atom. The van der Waals surface area contributed by atoms with Crippen LogP contribution in [-0.4, -0.2) is 70.2 Å². The number of nitrogens with one attached hydrogen (secondary N) is 1. The Labute approximate surface area is 156 Å². The molecule has 1 heterocycles. The Morgan fingerprint density at radius 2 is 1.54 bits per heavy atom. The number of anilines is 1. The molecule has 0 amide bonds. The smallest absolute Gasteiger partial charge is 0.183 e. The average Bonchev–Trinajstić information content (AvgIpc) is 2.65. The summed E-state index contributed by atoms with van der Waals surface area (Å²) < 4.78 is 21.4. The molecular weight excluding hydrogens is 336 g/mol. The fourth-order valence-corrected chi connectivity index (χ4v) is 2.02. The minimum absolute atomic E-state index is 0.0453. The number of rotatable bonds is 16. The molecule has 1 N–H and O–H groups in total. The van der Waals surface area contributed by atoms with Gasteiger partial charge in [-0.1, -0.05) is 19.9 Å². The van der Waals surface area contributed by atoms with Gasteiger partial charge in [-0.2, -0.15) is 0 Å². The summed E-state index contributed by atoms with van der Waals surface area (Å²) in [5.41, 5.74) is 0.489. The van der Waals surface area contributed by atoms with E-state index >= 15 is 0 Å². The minimum Gasteiger partial charge on any atom is -0.379 e. The highest BCUT2D eigenvalue weighted by Crippen LogP contribution is 2.09. The minimum atomic E-state index is -0.0591. The number of hydrogen-bond acceptors (Lipinski definition) is 7. The molecule has 0 saturated carbocycles. The van der Waals surface area contributed by atoms with Crippen LogP contribution in [0.5, 0.6) is 0 Å². The van der Waals surface area contributed by atoms with Crippen molar-refractivity contribution in [3.63, 3.8) is 0 Å². The van der Waals surface area contributed by atoms with Gasteiger partial charge in [0.05, 0.1) is 46.2 Å². The Balaban J connectivity index is 1.99. The van der Waals surface area contributed by atoms with Crippen LogP contribution in [0.4, 0.5) is 5.82 Å². The van der Waals surface area contributed by atoms with Gasteiger partial charge < -0.3 is 24.3 Å². The van der Waals surface area contributed by atoms with Crippen LogP contribution in [0.15, 0.2) is 18.2 Å². The molecule has 0 fully saturated rings. The third kappa shape index (κ3) is 10.5. The highest BCUT2D eigenvalue weighted by atomic mass is 16.6. The molecule has 0 radical (unpaired) electrons. The van der Waals surface area contributed by atoms with Crippen LogP contribution in [0.25, 0.3) is 0 Å².